The highest BCUT2D eigenvalue weighted by molar-refractivity contribution is 6.00. The maximum absolute atomic E-state index is 12.8. The van der Waals surface area contributed by atoms with Crippen LogP contribution in [0.4, 0.5) is 10.1 Å². The van der Waals surface area contributed by atoms with Gasteiger partial charge in [0.25, 0.3) is 5.91 Å². The van der Waals surface area contributed by atoms with Crippen LogP contribution in [0.5, 0.6) is 5.75 Å². The maximum atomic E-state index is 12.8. The number of benzene rings is 2. The normalized spacial score (nSPS) is 10.0. The number of anilines is 1. The van der Waals surface area contributed by atoms with Gasteiger partial charge in [-0.25, -0.2) is 4.39 Å². The van der Waals surface area contributed by atoms with Crippen LogP contribution in [-0.4, -0.2) is 25.0 Å². The van der Waals surface area contributed by atoms with E-state index in [1.165, 1.54) is 24.3 Å². The molecule has 0 bridgehead atoms. The molecule has 0 atom stereocenters. The van der Waals surface area contributed by atoms with E-state index < -0.39 is 11.8 Å². The highest BCUT2D eigenvalue weighted by Gasteiger charge is 2.13. The maximum Gasteiger partial charge on any atom is 0.255 e. The molecule has 2 rings (SSSR count). The lowest BCUT2D eigenvalue weighted by atomic mass is 10.2. The van der Waals surface area contributed by atoms with Gasteiger partial charge >= 0.3 is 0 Å². The van der Waals surface area contributed by atoms with E-state index >= 15 is 0 Å². The Kier molecular flexibility index (Phi) is 5.68. The lowest BCUT2D eigenvalue weighted by molar-refractivity contribution is -0.115. The quantitative estimate of drug-likeness (QED) is 0.861. The van der Waals surface area contributed by atoms with Gasteiger partial charge in [0.2, 0.25) is 5.91 Å². The molecule has 0 aliphatic carbocycles. The molecule has 0 unspecified atom stereocenters. The molecule has 0 aromatic heterocycles. The molecule has 2 amide bonds. The van der Waals surface area contributed by atoms with Crippen molar-refractivity contribution in [2.45, 2.75) is 6.92 Å². The van der Waals surface area contributed by atoms with Crippen LogP contribution in [-0.2, 0) is 4.79 Å². The van der Waals surface area contributed by atoms with Crippen molar-refractivity contribution in [3.63, 3.8) is 0 Å². The molecule has 0 aliphatic heterocycles. The monoisotopic (exact) mass is 316 g/mol. The van der Waals surface area contributed by atoms with Crippen LogP contribution in [0.1, 0.15) is 17.3 Å². The zero-order valence-electron chi connectivity index (χ0n) is 12.6. The number of para-hydroxylation sites is 1. The summed E-state index contributed by atoms with van der Waals surface area (Å²) in [5.41, 5.74) is 0.823. The summed E-state index contributed by atoms with van der Waals surface area (Å²) < 4.78 is 18.2. The van der Waals surface area contributed by atoms with Crippen LogP contribution in [0.15, 0.2) is 48.5 Å². The summed E-state index contributed by atoms with van der Waals surface area (Å²) >= 11 is 0. The molecule has 0 saturated carbocycles. The molecular weight excluding hydrogens is 299 g/mol. The fraction of sp³-hybridized carbons (Fsp3) is 0.176. The minimum absolute atomic E-state index is 0.198. The molecule has 2 aromatic rings. The topological polar surface area (TPSA) is 67.4 Å². The average molecular weight is 316 g/mol. The predicted molar refractivity (Wildman–Crippen MR) is 85.0 cm³/mol. The van der Waals surface area contributed by atoms with E-state index in [4.69, 9.17) is 4.74 Å². The summed E-state index contributed by atoms with van der Waals surface area (Å²) in [7, 11) is 0. The van der Waals surface area contributed by atoms with Crippen LogP contribution in [0.25, 0.3) is 0 Å². The minimum atomic E-state index is -0.404. The zero-order chi connectivity index (χ0) is 16.7. The van der Waals surface area contributed by atoms with E-state index in [9.17, 15) is 14.0 Å². The molecular formula is C17H17FN2O3. The van der Waals surface area contributed by atoms with E-state index in [1.54, 1.807) is 24.3 Å². The van der Waals surface area contributed by atoms with Gasteiger partial charge in [0.05, 0.1) is 18.7 Å². The molecule has 0 radical (unpaired) electrons. The Morgan fingerprint density at radius 2 is 1.78 bits per heavy atom. The van der Waals surface area contributed by atoms with Crippen LogP contribution in [0.2, 0.25) is 0 Å². The lowest BCUT2D eigenvalue weighted by Crippen LogP contribution is -2.33. The minimum Gasteiger partial charge on any atom is -0.493 e. The SMILES string of the molecule is CCOc1ccccc1C(=O)NCC(=O)Nc1ccc(F)cc1. The second-order valence-electron chi connectivity index (χ2n) is 4.67. The third kappa shape index (κ3) is 4.81. The number of hydrogen-bond acceptors (Lipinski definition) is 3. The Labute approximate surface area is 133 Å². The lowest BCUT2D eigenvalue weighted by Gasteiger charge is -2.10. The molecule has 0 spiro atoms. The van der Waals surface area contributed by atoms with Crippen LogP contribution >= 0.6 is 0 Å². The van der Waals surface area contributed by atoms with E-state index in [0.717, 1.165) is 0 Å². The number of halogens is 1. The van der Waals surface area contributed by atoms with Gasteiger partial charge in [-0.2, -0.15) is 0 Å². The van der Waals surface area contributed by atoms with E-state index in [1.807, 2.05) is 6.92 Å². The van der Waals surface area contributed by atoms with E-state index in [-0.39, 0.29) is 12.4 Å². The smallest absolute Gasteiger partial charge is 0.255 e. The van der Waals surface area contributed by atoms with Gasteiger partial charge in [-0.3, -0.25) is 9.59 Å². The number of hydrogen-bond donors (Lipinski definition) is 2. The van der Waals surface area contributed by atoms with Gasteiger partial charge in [-0.05, 0) is 43.3 Å². The van der Waals surface area contributed by atoms with Gasteiger partial charge in [-0.15, -0.1) is 0 Å². The fourth-order valence-electron chi connectivity index (χ4n) is 1.93. The summed E-state index contributed by atoms with van der Waals surface area (Å²) in [6.45, 7) is 2.07. The number of rotatable bonds is 6. The number of ether oxygens (including phenoxy) is 1. The van der Waals surface area contributed by atoms with Crippen molar-refractivity contribution in [2.24, 2.45) is 0 Å². The third-order valence-electron chi connectivity index (χ3n) is 2.97. The number of amides is 2. The molecule has 0 aliphatic rings. The first kappa shape index (κ1) is 16.5. The Morgan fingerprint density at radius 1 is 1.09 bits per heavy atom. The molecule has 2 aromatic carbocycles. The molecule has 0 saturated heterocycles. The third-order valence-corrected chi connectivity index (χ3v) is 2.97. The molecule has 23 heavy (non-hydrogen) atoms. The van der Waals surface area contributed by atoms with Crippen molar-refractivity contribution in [3.8, 4) is 5.75 Å². The molecule has 0 heterocycles. The van der Waals surface area contributed by atoms with Crippen molar-refractivity contribution >= 4 is 17.5 Å². The van der Waals surface area contributed by atoms with Gasteiger partial charge in [-0.1, -0.05) is 12.1 Å². The van der Waals surface area contributed by atoms with Crippen LogP contribution in [0, 0.1) is 5.82 Å². The number of carbonyl (C=O) groups is 2. The molecule has 5 nitrogen and oxygen atoms in total. The molecule has 120 valence electrons. The Balaban J connectivity index is 1.91. The first-order chi connectivity index (χ1) is 11.1. The Hall–Kier alpha value is -2.89. The van der Waals surface area contributed by atoms with Gasteiger partial charge in [0.1, 0.15) is 11.6 Å². The van der Waals surface area contributed by atoms with Gasteiger partial charge < -0.3 is 15.4 Å². The highest BCUT2D eigenvalue weighted by Crippen LogP contribution is 2.17. The summed E-state index contributed by atoms with van der Waals surface area (Å²) in [6.07, 6.45) is 0. The van der Waals surface area contributed by atoms with Crippen molar-refractivity contribution in [1.82, 2.24) is 5.32 Å². The summed E-state index contributed by atoms with van der Waals surface area (Å²) in [4.78, 5) is 23.9. The van der Waals surface area contributed by atoms with Crippen LogP contribution < -0.4 is 15.4 Å². The predicted octanol–water partition coefficient (Wildman–Crippen LogP) is 2.59. The molecule has 0 fully saturated rings. The van der Waals surface area contributed by atoms with Gasteiger partial charge in [0, 0.05) is 5.69 Å². The van der Waals surface area contributed by atoms with Crippen molar-refractivity contribution in [3.05, 3.63) is 59.9 Å². The first-order valence-corrected chi connectivity index (χ1v) is 7.15. The zero-order valence-corrected chi connectivity index (χ0v) is 12.6. The standard InChI is InChI=1S/C17H17FN2O3/c1-2-23-15-6-4-3-5-14(15)17(22)19-11-16(21)20-13-9-7-12(18)8-10-13/h3-10H,2,11H2,1H3,(H,19,22)(H,20,21). The van der Waals surface area contributed by atoms with E-state index in [2.05, 4.69) is 10.6 Å². The molecule has 2 N–H and O–H groups in total. The Morgan fingerprint density at radius 3 is 2.48 bits per heavy atom. The average Bonchev–Trinajstić information content (AvgIpc) is 2.56. The van der Waals surface area contributed by atoms with Gasteiger partial charge in [0.15, 0.2) is 0 Å². The number of nitrogens with one attached hydrogen (secondary N) is 2. The van der Waals surface area contributed by atoms with Crippen molar-refractivity contribution in [1.29, 1.82) is 0 Å². The highest BCUT2D eigenvalue weighted by atomic mass is 19.1. The largest absolute Gasteiger partial charge is 0.493 e. The summed E-state index contributed by atoms with van der Waals surface area (Å²) in [5.74, 6) is -0.725. The van der Waals surface area contributed by atoms with Crippen molar-refractivity contribution < 1.29 is 18.7 Å². The van der Waals surface area contributed by atoms with Crippen LogP contribution in [0.3, 0.4) is 0 Å². The van der Waals surface area contributed by atoms with E-state index in [0.29, 0.717) is 23.6 Å². The fourth-order valence-corrected chi connectivity index (χ4v) is 1.93. The summed E-state index contributed by atoms with van der Waals surface area (Å²) in [6, 6.07) is 12.2. The van der Waals surface area contributed by atoms with Crippen molar-refractivity contribution in [2.75, 3.05) is 18.5 Å². The Bertz CT molecular complexity index is 686. The first-order valence-electron chi connectivity index (χ1n) is 7.15. The number of carbonyl (C=O) groups excluding carboxylic acids is 2. The second-order valence-corrected chi connectivity index (χ2v) is 4.67. The second kappa shape index (κ2) is 7.93. The summed E-state index contributed by atoms with van der Waals surface area (Å²) in [5, 5.41) is 5.09. The molecule has 6 heteroatoms.